The molecule has 2 saturated heterocycles. The van der Waals surface area contributed by atoms with Crippen molar-refractivity contribution in [1.29, 1.82) is 0 Å². The van der Waals surface area contributed by atoms with Crippen molar-refractivity contribution in [2.45, 2.75) is 45.1 Å². The summed E-state index contributed by atoms with van der Waals surface area (Å²) in [4.78, 5) is 13.9. The minimum atomic E-state index is 0.475. The van der Waals surface area contributed by atoms with E-state index in [-0.39, 0.29) is 0 Å². The van der Waals surface area contributed by atoms with Gasteiger partial charge in [-0.3, -0.25) is 4.90 Å². The number of hydrogen-bond donors (Lipinski definition) is 0. The summed E-state index contributed by atoms with van der Waals surface area (Å²) in [5, 5.41) is 4.41. The normalized spacial score (nSPS) is 20.9. The number of aryl methyl sites for hydroxylation is 1. The Kier molecular flexibility index (Phi) is 4.72. The lowest BCUT2D eigenvalue weighted by atomic mass is 9.93. The van der Waals surface area contributed by atoms with Gasteiger partial charge in [-0.05, 0) is 62.9 Å². The molecule has 1 aromatic carbocycles. The van der Waals surface area contributed by atoms with Gasteiger partial charge in [0.25, 0.3) is 5.78 Å². The van der Waals surface area contributed by atoms with Crippen LogP contribution < -0.4 is 4.90 Å². The van der Waals surface area contributed by atoms with E-state index in [1.807, 2.05) is 11.4 Å². The quantitative estimate of drug-likeness (QED) is 0.698. The van der Waals surface area contributed by atoms with Crippen molar-refractivity contribution in [2.75, 3.05) is 31.1 Å². The Morgan fingerprint density at radius 3 is 2.68 bits per heavy atom. The molecule has 1 unspecified atom stereocenters. The zero-order valence-electron chi connectivity index (χ0n) is 16.6. The monoisotopic (exact) mass is 376 g/mol. The van der Waals surface area contributed by atoms with Crippen molar-refractivity contribution < 1.29 is 0 Å². The fraction of sp³-hybridized carbons (Fsp3) is 0.500. The van der Waals surface area contributed by atoms with Crippen LogP contribution in [0.4, 0.5) is 5.69 Å². The van der Waals surface area contributed by atoms with Crippen molar-refractivity contribution in [3.05, 3.63) is 53.6 Å². The van der Waals surface area contributed by atoms with Gasteiger partial charge < -0.3 is 4.90 Å². The Morgan fingerprint density at radius 2 is 1.86 bits per heavy atom. The molecule has 0 bridgehead atoms. The average molecular weight is 377 g/mol. The number of rotatable bonds is 4. The van der Waals surface area contributed by atoms with Crippen LogP contribution in [-0.2, 0) is 6.54 Å². The van der Waals surface area contributed by atoms with Crippen LogP contribution in [-0.4, -0.2) is 50.7 Å². The van der Waals surface area contributed by atoms with Gasteiger partial charge in [0.1, 0.15) is 6.33 Å². The van der Waals surface area contributed by atoms with E-state index >= 15 is 0 Å². The fourth-order valence-corrected chi connectivity index (χ4v) is 4.74. The average Bonchev–Trinajstić information content (AvgIpc) is 3.40. The maximum absolute atomic E-state index is 4.49. The Hall–Kier alpha value is -2.47. The molecule has 3 aromatic rings. The van der Waals surface area contributed by atoms with E-state index in [1.54, 1.807) is 6.33 Å². The van der Waals surface area contributed by atoms with Crippen molar-refractivity contribution >= 4 is 11.5 Å². The van der Waals surface area contributed by atoms with E-state index in [0.717, 1.165) is 25.3 Å². The number of hydrogen-bond acceptors (Lipinski definition) is 5. The van der Waals surface area contributed by atoms with Crippen LogP contribution in [0.5, 0.6) is 0 Å². The van der Waals surface area contributed by atoms with E-state index in [0.29, 0.717) is 11.7 Å². The maximum Gasteiger partial charge on any atom is 0.252 e. The van der Waals surface area contributed by atoms with Crippen LogP contribution in [0.25, 0.3) is 5.78 Å². The molecule has 0 radical (unpaired) electrons. The van der Waals surface area contributed by atoms with Gasteiger partial charge in [0.05, 0.1) is 5.69 Å². The van der Waals surface area contributed by atoms with Gasteiger partial charge in [0.2, 0.25) is 0 Å². The first-order chi connectivity index (χ1) is 13.8. The molecule has 0 saturated carbocycles. The highest BCUT2D eigenvalue weighted by Crippen LogP contribution is 2.28. The number of piperidine rings is 1. The first-order valence-corrected chi connectivity index (χ1v) is 10.5. The van der Waals surface area contributed by atoms with Crippen LogP contribution in [0, 0.1) is 6.92 Å². The third-order valence-electron chi connectivity index (χ3n) is 6.14. The second kappa shape index (κ2) is 7.51. The molecule has 146 valence electrons. The third-order valence-corrected chi connectivity index (χ3v) is 6.14. The summed E-state index contributed by atoms with van der Waals surface area (Å²) in [5.41, 5.74) is 5.04. The van der Waals surface area contributed by atoms with Crippen LogP contribution in [0.15, 0.2) is 36.7 Å². The molecule has 2 fully saturated rings. The second-order valence-corrected chi connectivity index (χ2v) is 8.23. The van der Waals surface area contributed by atoms with Crippen molar-refractivity contribution in [2.24, 2.45) is 0 Å². The number of nitrogens with zero attached hydrogens (tertiary/aromatic N) is 6. The van der Waals surface area contributed by atoms with Crippen LogP contribution >= 0.6 is 0 Å². The molecule has 2 aromatic heterocycles. The van der Waals surface area contributed by atoms with Gasteiger partial charge in [-0.25, -0.2) is 9.50 Å². The molecule has 0 spiro atoms. The zero-order valence-corrected chi connectivity index (χ0v) is 16.6. The van der Waals surface area contributed by atoms with Gasteiger partial charge in [-0.2, -0.15) is 10.1 Å². The molecule has 4 heterocycles. The number of aromatic nitrogens is 4. The molecule has 28 heavy (non-hydrogen) atoms. The summed E-state index contributed by atoms with van der Waals surface area (Å²) in [6, 6.07) is 11.4. The topological polar surface area (TPSA) is 49.6 Å². The van der Waals surface area contributed by atoms with E-state index in [1.165, 1.54) is 55.7 Å². The van der Waals surface area contributed by atoms with Gasteiger partial charge in [0.15, 0.2) is 0 Å². The molecule has 6 nitrogen and oxygen atoms in total. The third kappa shape index (κ3) is 3.49. The number of benzene rings is 1. The fourth-order valence-electron chi connectivity index (χ4n) is 4.74. The molecule has 0 aliphatic carbocycles. The highest BCUT2D eigenvalue weighted by Gasteiger charge is 2.24. The molecule has 0 amide bonds. The first kappa shape index (κ1) is 17.6. The summed E-state index contributed by atoms with van der Waals surface area (Å²) in [7, 11) is 0. The largest absolute Gasteiger partial charge is 0.372 e. The predicted octanol–water partition coefficient (Wildman–Crippen LogP) is 3.41. The summed E-state index contributed by atoms with van der Waals surface area (Å²) in [5.74, 6) is 1.19. The summed E-state index contributed by atoms with van der Waals surface area (Å²) >= 11 is 0. The van der Waals surface area contributed by atoms with Crippen LogP contribution in [0.1, 0.15) is 48.6 Å². The van der Waals surface area contributed by atoms with E-state index in [9.17, 15) is 0 Å². The number of anilines is 1. The van der Waals surface area contributed by atoms with Gasteiger partial charge in [0, 0.05) is 43.5 Å². The Morgan fingerprint density at radius 1 is 1.04 bits per heavy atom. The van der Waals surface area contributed by atoms with E-state index in [2.05, 4.69) is 55.2 Å². The molecule has 2 aliphatic heterocycles. The molecule has 0 N–H and O–H groups in total. The second-order valence-electron chi connectivity index (χ2n) is 8.23. The first-order valence-electron chi connectivity index (χ1n) is 10.5. The molecular weight excluding hydrogens is 348 g/mol. The molecule has 2 aliphatic rings. The van der Waals surface area contributed by atoms with Crippen molar-refractivity contribution in [3.63, 3.8) is 0 Å². The summed E-state index contributed by atoms with van der Waals surface area (Å²) < 4.78 is 1.92. The highest BCUT2D eigenvalue weighted by atomic mass is 15.3. The van der Waals surface area contributed by atoms with Gasteiger partial charge in [-0.15, -0.1) is 0 Å². The van der Waals surface area contributed by atoms with Gasteiger partial charge >= 0.3 is 0 Å². The molecule has 6 heteroatoms. The standard InChI is InChI=1S/C22H28N6/c1-17-13-21(28-22(25-17)23-16-24-28)19-5-4-10-26(15-19)14-18-6-8-20(9-7-18)27-11-2-3-12-27/h6-9,13,16,19H,2-5,10-12,14-15H2,1H3. The lowest BCUT2D eigenvalue weighted by Gasteiger charge is -2.33. The Bertz CT molecular complexity index is 941. The summed E-state index contributed by atoms with van der Waals surface area (Å²) in [6.07, 6.45) is 6.67. The van der Waals surface area contributed by atoms with Crippen molar-refractivity contribution in [3.8, 4) is 0 Å². The van der Waals surface area contributed by atoms with Crippen LogP contribution in [0.3, 0.4) is 0 Å². The predicted molar refractivity (Wildman–Crippen MR) is 111 cm³/mol. The van der Waals surface area contributed by atoms with E-state index < -0.39 is 0 Å². The SMILES string of the molecule is Cc1cc(C2CCCN(Cc3ccc(N4CCCC4)cc3)C2)n2ncnc2n1. The lowest BCUT2D eigenvalue weighted by Crippen LogP contribution is -2.34. The smallest absolute Gasteiger partial charge is 0.252 e. The Balaban J connectivity index is 1.30. The Labute approximate surface area is 166 Å². The molecule has 5 rings (SSSR count). The van der Waals surface area contributed by atoms with Crippen molar-refractivity contribution in [1.82, 2.24) is 24.5 Å². The molecule has 1 atom stereocenters. The van der Waals surface area contributed by atoms with Crippen LogP contribution in [0.2, 0.25) is 0 Å². The lowest BCUT2D eigenvalue weighted by molar-refractivity contribution is 0.197. The zero-order chi connectivity index (χ0) is 18.9. The van der Waals surface area contributed by atoms with E-state index in [4.69, 9.17) is 0 Å². The number of fused-ring (bicyclic) bond motifs is 1. The minimum absolute atomic E-state index is 0.475. The minimum Gasteiger partial charge on any atom is -0.372 e. The number of likely N-dealkylation sites (tertiary alicyclic amines) is 1. The molecular formula is C22H28N6. The highest BCUT2D eigenvalue weighted by molar-refractivity contribution is 5.48. The van der Waals surface area contributed by atoms with Gasteiger partial charge in [-0.1, -0.05) is 12.1 Å². The maximum atomic E-state index is 4.49. The summed E-state index contributed by atoms with van der Waals surface area (Å²) in [6.45, 7) is 7.69.